The van der Waals surface area contributed by atoms with E-state index in [0.29, 0.717) is 5.92 Å². The second-order valence-electron chi connectivity index (χ2n) is 10.8. The van der Waals surface area contributed by atoms with E-state index in [2.05, 4.69) is 89.0 Å². The van der Waals surface area contributed by atoms with Gasteiger partial charge in [-0.3, -0.25) is 5.32 Å². The fourth-order valence-corrected chi connectivity index (χ4v) is 5.74. The Morgan fingerprint density at radius 3 is 2.62 bits per heavy atom. The smallest absolute Gasteiger partial charge is 0.128 e. The zero-order valence-electron chi connectivity index (χ0n) is 21.7. The summed E-state index contributed by atoms with van der Waals surface area (Å²) in [6.45, 7) is 15.4. The van der Waals surface area contributed by atoms with Crippen molar-refractivity contribution in [1.29, 1.82) is 0 Å². The highest BCUT2D eigenvalue weighted by Gasteiger charge is 2.27. The molecule has 1 atom stereocenters. The number of nitrogens with zero attached hydrogens (tertiary/aromatic N) is 5. The SMILES string of the molecule is C=Cc1cnn2cc(C3C=CC(N4CCNC4)=CC3)cc(-c3ccc(N4CCC(C)(C=C)CC4)nc3)c12. The monoisotopic (exact) mass is 492 g/mol. The Morgan fingerprint density at radius 2 is 1.97 bits per heavy atom. The Hall–Kier alpha value is -3.64. The molecule has 6 heteroatoms. The predicted octanol–water partition coefficient (Wildman–Crippen LogP) is 5.62. The standard InChI is InChI=1S/C31H36N6/c1-4-23-20-34-37-21-26(24-6-9-27(10-7-24)36-17-14-32-22-36)18-28(30(23)37)25-8-11-29(33-19-25)35-15-12-31(3,5-2)13-16-35/h4-6,8-11,18-21,24,32H,1-2,7,12-17,22H2,3H3. The summed E-state index contributed by atoms with van der Waals surface area (Å²) in [6, 6.07) is 6.69. The summed E-state index contributed by atoms with van der Waals surface area (Å²) in [6.07, 6.45) is 20.3. The molecule has 3 aliphatic rings. The number of aromatic nitrogens is 3. The number of pyridine rings is 2. The average Bonchev–Trinajstić information content (AvgIpc) is 3.64. The number of fused-ring (bicyclic) bond motifs is 1. The Kier molecular flexibility index (Phi) is 6.21. The first-order chi connectivity index (χ1) is 18.1. The molecular weight excluding hydrogens is 456 g/mol. The van der Waals surface area contributed by atoms with E-state index in [4.69, 9.17) is 4.98 Å². The van der Waals surface area contributed by atoms with Crippen LogP contribution < -0.4 is 10.2 Å². The van der Waals surface area contributed by atoms with Gasteiger partial charge in [-0.2, -0.15) is 5.10 Å². The van der Waals surface area contributed by atoms with E-state index in [1.807, 2.05) is 23.0 Å². The minimum atomic E-state index is 0.237. The van der Waals surface area contributed by atoms with E-state index in [0.717, 1.165) is 80.1 Å². The quantitative estimate of drug-likeness (QED) is 0.453. The van der Waals surface area contributed by atoms with Crippen molar-refractivity contribution in [3.05, 3.63) is 91.1 Å². The van der Waals surface area contributed by atoms with Crippen LogP contribution in [0.25, 0.3) is 22.7 Å². The first kappa shape index (κ1) is 23.7. The molecule has 190 valence electrons. The van der Waals surface area contributed by atoms with Crippen LogP contribution in [-0.2, 0) is 0 Å². The van der Waals surface area contributed by atoms with Crippen LogP contribution in [0, 0.1) is 5.41 Å². The first-order valence-corrected chi connectivity index (χ1v) is 13.4. The number of hydrogen-bond acceptors (Lipinski definition) is 5. The van der Waals surface area contributed by atoms with E-state index in [1.54, 1.807) is 0 Å². The molecule has 0 saturated carbocycles. The number of hydrogen-bond donors (Lipinski definition) is 1. The second-order valence-corrected chi connectivity index (χ2v) is 10.8. The second kappa shape index (κ2) is 9.67. The molecule has 6 nitrogen and oxygen atoms in total. The molecule has 37 heavy (non-hydrogen) atoms. The average molecular weight is 493 g/mol. The molecule has 5 heterocycles. The number of allylic oxidation sites excluding steroid dienone is 4. The topological polar surface area (TPSA) is 48.7 Å². The van der Waals surface area contributed by atoms with E-state index in [1.165, 1.54) is 11.3 Å². The molecule has 0 amide bonds. The van der Waals surface area contributed by atoms with Crippen LogP contribution in [0.5, 0.6) is 0 Å². The summed E-state index contributed by atoms with van der Waals surface area (Å²) < 4.78 is 2.01. The van der Waals surface area contributed by atoms with Crippen LogP contribution >= 0.6 is 0 Å². The van der Waals surface area contributed by atoms with Crippen molar-refractivity contribution in [1.82, 2.24) is 24.8 Å². The van der Waals surface area contributed by atoms with Crippen molar-refractivity contribution in [2.24, 2.45) is 5.41 Å². The van der Waals surface area contributed by atoms with Gasteiger partial charge in [0.1, 0.15) is 5.82 Å². The Bertz CT molecular complexity index is 1360. The van der Waals surface area contributed by atoms with Crippen LogP contribution in [0.2, 0.25) is 0 Å². The maximum atomic E-state index is 4.90. The van der Waals surface area contributed by atoms with Crippen molar-refractivity contribution in [2.75, 3.05) is 37.7 Å². The summed E-state index contributed by atoms with van der Waals surface area (Å²) in [7, 11) is 0. The lowest BCUT2D eigenvalue weighted by Gasteiger charge is -2.38. The highest BCUT2D eigenvalue weighted by atomic mass is 15.3. The summed E-state index contributed by atoms with van der Waals surface area (Å²) in [5, 5.41) is 8.09. The van der Waals surface area contributed by atoms with E-state index in [9.17, 15) is 0 Å². The van der Waals surface area contributed by atoms with Gasteiger partial charge in [0.15, 0.2) is 0 Å². The van der Waals surface area contributed by atoms with Crippen LogP contribution in [0.1, 0.15) is 43.2 Å². The Morgan fingerprint density at radius 1 is 1.11 bits per heavy atom. The van der Waals surface area contributed by atoms with Gasteiger partial charge < -0.3 is 9.80 Å². The van der Waals surface area contributed by atoms with Crippen molar-refractivity contribution in [3.63, 3.8) is 0 Å². The third kappa shape index (κ3) is 4.51. The van der Waals surface area contributed by atoms with Gasteiger partial charge in [0.25, 0.3) is 0 Å². The minimum Gasteiger partial charge on any atom is -0.358 e. The maximum absolute atomic E-state index is 4.90. The number of nitrogens with one attached hydrogen (secondary N) is 1. The van der Waals surface area contributed by atoms with Gasteiger partial charge in [0.2, 0.25) is 0 Å². The molecule has 6 rings (SSSR count). The van der Waals surface area contributed by atoms with E-state index in [-0.39, 0.29) is 5.41 Å². The molecule has 0 spiro atoms. The van der Waals surface area contributed by atoms with Gasteiger partial charge in [0.05, 0.1) is 18.4 Å². The summed E-state index contributed by atoms with van der Waals surface area (Å²) >= 11 is 0. The van der Waals surface area contributed by atoms with Gasteiger partial charge in [0, 0.05) is 66.9 Å². The highest BCUT2D eigenvalue weighted by molar-refractivity contribution is 5.87. The number of rotatable bonds is 6. The summed E-state index contributed by atoms with van der Waals surface area (Å²) in [5.41, 5.74) is 7.18. The van der Waals surface area contributed by atoms with Gasteiger partial charge in [-0.15, -0.1) is 6.58 Å². The van der Waals surface area contributed by atoms with Crippen LogP contribution in [0.15, 0.2) is 79.9 Å². The van der Waals surface area contributed by atoms with Crippen molar-refractivity contribution in [2.45, 2.75) is 32.1 Å². The Labute approximate surface area is 219 Å². The lowest BCUT2D eigenvalue weighted by molar-refractivity contribution is 0.326. The van der Waals surface area contributed by atoms with Crippen molar-refractivity contribution >= 4 is 17.4 Å². The lowest BCUT2D eigenvalue weighted by Crippen LogP contribution is -2.38. The molecule has 3 aromatic rings. The fourth-order valence-electron chi connectivity index (χ4n) is 5.74. The molecule has 1 N–H and O–H groups in total. The molecule has 2 fully saturated rings. The van der Waals surface area contributed by atoms with Gasteiger partial charge in [-0.1, -0.05) is 37.8 Å². The van der Waals surface area contributed by atoms with Gasteiger partial charge >= 0.3 is 0 Å². The summed E-state index contributed by atoms with van der Waals surface area (Å²) in [5.74, 6) is 1.36. The molecule has 2 aliphatic heterocycles. The molecule has 2 saturated heterocycles. The van der Waals surface area contributed by atoms with Crippen LogP contribution in [0.3, 0.4) is 0 Å². The minimum absolute atomic E-state index is 0.237. The number of anilines is 1. The van der Waals surface area contributed by atoms with E-state index >= 15 is 0 Å². The van der Waals surface area contributed by atoms with Gasteiger partial charge in [-0.25, -0.2) is 9.50 Å². The number of piperidine rings is 1. The molecular formula is C31H36N6. The van der Waals surface area contributed by atoms with E-state index < -0.39 is 0 Å². The highest BCUT2D eigenvalue weighted by Crippen LogP contribution is 2.36. The molecule has 0 bridgehead atoms. The largest absolute Gasteiger partial charge is 0.358 e. The van der Waals surface area contributed by atoms with Crippen molar-refractivity contribution in [3.8, 4) is 11.1 Å². The molecule has 3 aromatic heterocycles. The van der Waals surface area contributed by atoms with Crippen molar-refractivity contribution < 1.29 is 0 Å². The first-order valence-electron chi connectivity index (χ1n) is 13.4. The molecule has 0 aromatic carbocycles. The third-order valence-electron chi connectivity index (χ3n) is 8.40. The third-order valence-corrected chi connectivity index (χ3v) is 8.40. The van der Waals surface area contributed by atoms with Gasteiger partial charge in [-0.05, 0) is 54.5 Å². The molecule has 0 radical (unpaired) electrons. The summed E-state index contributed by atoms with van der Waals surface area (Å²) in [4.78, 5) is 9.70. The molecule has 1 unspecified atom stereocenters. The van der Waals surface area contributed by atoms with Crippen LogP contribution in [-0.4, -0.2) is 52.3 Å². The Balaban J connectivity index is 1.29. The van der Waals surface area contributed by atoms with Crippen LogP contribution in [0.4, 0.5) is 5.82 Å². The zero-order valence-corrected chi connectivity index (χ0v) is 21.7. The zero-order chi connectivity index (χ0) is 25.4. The fraction of sp³-hybridized carbons (Fsp3) is 0.355. The normalized spacial score (nSPS) is 21.3. The lowest BCUT2D eigenvalue weighted by atomic mass is 9.81. The predicted molar refractivity (Wildman–Crippen MR) is 152 cm³/mol. The maximum Gasteiger partial charge on any atom is 0.128 e. The molecule has 1 aliphatic carbocycles.